The minimum absolute atomic E-state index is 0.0203. The van der Waals surface area contributed by atoms with Crippen molar-refractivity contribution in [1.82, 2.24) is 5.32 Å². The van der Waals surface area contributed by atoms with E-state index in [1.54, 1.807) is 12.1 Å². The Morgan fingerprint density at radius 2 is 1.83 bits per heavy atom. The van der Waals surface area contributed by atoms with Crippen molar-refractivity contribution in [2.75, 3.05) is 0 Å². The highest BCUT2D eigenvalue weighted by Crippen LogP contribution is 2.23. The molecule has 1 N–H and O–H groups in total. The van der Waals surface area contributed by atoms with Crippen LogP contribution in [0.15, 0.2) is 29.2 Å². The van der Waals surface area contributed by atoms with E-state index in [-0.39, 0.29) is 16.7 Å². The zero-order valence-electron chi connectivity index (χ0n) is 11.2. The monoisotopic (exact) mass is 265 g/mol. The van der Waals surface area contributed by atoms with E-state index < -0.39 is 0 Å². The van der Waals surface area contributed by atoms with E-state index in [4.69, 9.17) is 0 Å². The summed E-state index contributed by atoms with van der Waals surface area (Å²) in [7, 11) is 0. The van der Waals surface area contributed by atoms with Crippen molar-refractivity contribution >= 4 is 24.0 Å². The van der Waals surface area contributed by atoms with Crippen molar-refractivity contribution < 1.29 is 9.59 Å². The largest absolute Gasteiger partial charge is 0.351 e. The smallest absolute Gasteiger partial charge is 0.233 e. The standard InChI is InChI=1S/C14H19NO2S/c1-10(13(17)15-14(2,3)4)18-12-7-5-11(9-16)6-8-12/h5-10H,1-4H3,(H,15,17). The average Bonchev–Trinajstić information content (AvgIpc) is 2.27. The Morgan fingerprint density at radius 1 is 1.28 bits per heavy atom. The molecule has 1 aromatic rings. The molecule has 1 amide bonds. The van der Waals surface area contributed by atoms with Crippen LogP contribution in [0.1, 0.15) is 38.1 Å². The first-order valence-corrected chi connectivity index (χ1v) is 6.74. The van der Waals surface area contributed by atoms with Gasteiger partial charge in [-0.2, -0.15) is 0 Å². The van der Waals surface area contributed by atoms with Gasteiger partial charge in [-0.25, -0.2) is 0 Å². The number of hydrogen-bond donors (Lipinski definition) is 1. The summed E-state index contributed by atoms with van der Waals surface area (Å²) in [6, 6.07) is 7.22. The van der Waals surface area contributed by atoms with Crippen LogP contribution in [0.5, 0.6) is 0 Å². The molecule has 0 aliphatic carbocycles. The molecule has 0 aromatic heterocycles. The topological polar surface area (TPSA) is 46.2 Å². The number of thioether (sulfide) groups is 1. The zero-order valence-corrected chi connectivity index (χ0v) is 12.0. The molecule has 0 spiro atoms. The molecule has 1 rings (SSSR count). The second-order valence-corrected chi connectivity index (χ2v) is 6.60. The van der Waals surface area contributed by atoms with Gasteiger partial charge in [0.25, 0.3) is 0 Å². The zero-order chi connectivity index (χ0) is 13.8. The van der Waals surface area contributed by atoms with Gasteiger partial charge >= 0.3 is 0 Å². The lowest BCUT2D eigenvalue weighted by Gasteiger charge is -2.23. The molecule has 18 heavy (non-hydrogen) atoms. The molecule has 0 bridgehead atoms. The summed E-state index contributed by atoms with van der Waals surface area (Å²) in [5, 5.41) is 2.78. The Labute approximate surface area is 112 Å². The number of aldehydes is 1. The fraction of sp³-hybridized carbons (Fsp3) is 0.429. The van der Waals surface area contributed by atoms with E-state index in [2.05, 4.69) is 5.32 Å². The normalized spacial score (nSPS) is 12.9. The van der Waals surface area contributed by atoms with Crippen LogP contribution in [0.25, 0.3) is 0 Å². The van der Waals surface area contributed by atoms with Gasteiger partial charge in [0.05, 0.1) is 5.25 Å². The predicted molar refractivity (Wildman–Crippen MR) is 75.0 cm³/mol. The van der Waals surface area contributed by atoms with Crippen LogP contribution in [-0.4, -0.2) is 23.0 Å². The van der Waals surface area contributed by atoms with Crippen LogP contribution < -0.4 is 5.32 Å². The number of hydrogen-bond acceptors (Lipinski definition) is 3. The van der Waals surface area contributed by atoms with Crippen LogP contribution in [-0.2, 0) is 4.79 Å². The molecular formula is C14H19NO2S. The number of rotatable bonds is 4. The van der Waals surface area contributed by atoms with Gasteiger partial charge in [-0.1, -0.05) is 12.1 Å². The molecule has 1 unspecified atom stereocenters. The summed E-state index contributed by atoms with van der Waals surface area (Å²) >= 11 is 1.48. The first kappa shape index (κ1) is 14.8. The second-order valence-electron chi connectivity index (χ2n) is 5.19. The summed E-state index contributed by atoms with van der Waals surface area (Å²) < 4.78 is 0. The summed E-state index contributed by atoms with van der Waals surface area (Å²) in [6.45, 7) is 7.75. The van der Waals surface area contributed by atoms with E-state index >= 15 is 0 Å². The fourth-order valence-corrected chi connectivity index (χ4v) is 2.22. The Balaban J connectivity index is 2.60. The lowest BCUT2D eigenvalue weighted by molar-refractivity contribution is -0.121. The lowest BCUT2D eigenvalue weighted by atomic mass is 10.1. The Morgan fingerprint density at radius 3 is 2.28 bits per heavy atom. The number of amides is 1. The predicted octanol–water partition coefficient (Wildman–Crippen LogP) is 2.89. The molecule has 4 heteroatoms. The minimum Gasteiger partial charge on any atom is -0.351 e. The lowest BCUT2D eigenvalue weighted by Crippen LogP contribution is -2.44. The molecule has 0 saturated heterocycles. The van der Waals surface area contributed by atoms with Gasteiger partial charge in [0, 0.05) is 16.0 Å². The summed E-state index contributed by atoms with van der Waals surface area (Å²) in [5.41, 5.74) is 0.430. The Bertz CT molecular complexity index is 420. The molecule has 0 aliphatic rings. The van der Waals surface area contributed by atoms with E-state index in [0.29, 0.717) is 5.56 Å². The quantitative estimate of drug-likeness (QED) is 0.672. The van der Waals surface area contributed by atoms with Gasteiger partial charge in [-0.3, -0.25) is 9.59 Å². The van der Waals surface area contributed by atoms with Crippen LogP contribution in [0.3, 0.4) is 0 Å². The van der Waals surface area contributed by atoms with Gasteiger partial charge in [0.1, 0.15) is 6.29 Å². The third-order valence-electron chi connectivity index (χ3n) is 2.20. The maximum absolute atomic E-state index is 11.9. The highest BCUT2D eigenvalue weighted by Gasteiger charge is 2.19. The van der Waals surface area contributed by atoms with E-state index in [9.17, 15) is 9.59 Å². The van der Waals surface area contributed by atoms with Crippen molar-refractivity contribution in [3.63, 3.8) is 0 Å². The Hall–Kier alpha value is -1.29. The van der Waals surface area contributed by atoms with Gasteiger partial charge in [-0.05, 0) is 39.8 Å². The maximum Gasteiger partial charge on any atom is 0.233 e. The third kappa shape index (κ3) is 4.92. The molecule has 0 saturated carbocycles. The van der Waals surface area contributed by atoms with Gasteiger partial charge in [0.15, 0.2) is 0 Å². The van der Waals surface area contributed by atoms with Crippen molar-refractivity contribution in [1.29, 1.82) is 0 Å². The van der Waals surface area contributed by atoms with Gasteiger partial charge in [0.2, 0.25) is 5.91 Å². The summed E-state index contributed by atoms with van der Waals surface area (Å²) in [4.78, 5) is 23.4. The number of carbonyl (C=O) groups is 2. The van der Waals surface area contributed by atoms with Crippen LogP contribution >= 0.6 is 11.8 Å². The van der Waals surface area contributed by atoms with Crippen molar-refractivity contribution in [3.8, 4) is 0 Å². The first-order chi connectivity index (χ1) is 8.31. The van der Waals surface area contributed by atoms with Gasteiger partial charge in [-0.15, -0.1) is 11.8 Å². The van der Waals surface area contributed by atoms with Crippen LogP contribution in [0.2, 0.25) is 0 Å². The molecule has 98 valence electrons. The number of benzene rings is 1. The molecule has 0 radical (unpaired) electrons. The Kier molecular flexibility index (Phi) is 4.96. The molecule has 0 aliphatic heterocycles. The third-order valence-corrected chi connectivity index (χ3v) is 3.31. The van der Waals surface area contributed by atoms with Crippen molar-refractivity contribution in [2.24, 2.45) is 0 Å². The van der Waals surface area contributed by atoms with Crippen molar-refractivity contribution in [2.45, 2.75) is 43.4 Å². The summed E-state index contributed by atoms with van der Waals surface area (Å²) in [5.74, 6) is 0.0203. The number of nitrogens with one attached hydrogen (secondary N) is 1. The molecule has 0 fully saturated rings. The SMILES string of the molecule is CC(Sc1ccc(C=O)cc1)C(=O)NC(C)(C)C. The van der Waals surface area contributed by atoms with E-state index in [0.717, 1.165) is 11.2 Å². The van der Waals surface area contributed by atoms with E-state index in [1.807, 2.05) is 39.8 Å². The van der Waals surface area contributed by atoms with Crippen molar-refractivity contribution in [3.05, 3.63) is 29.8 Å². The van der Waals surface area contributed by atoms with Gasteiger partial charge < -0.3 is 5.32 Å². The minimum atomic E-state index is -0.215. The highest BCUT2D eigenvalue weighted by atomic mass is 32.2. The van der Waals surface area contributed by atoms with E-state index in [1.165, 1.54) is 11.8 Å². The highest BCUT2D eigenvalue weighted by molar-refractivity contribution is 8.00. The summed E-state index contributed by atoms with van der Waals surface area (Å²) in [6.07, 6.45) is 0.810. The second kappa shape index (κ2) is 6.05. The molecular weight excluding hydrogens is 246 g/mol. The molecule has 3 nitrogen and oxygen atoms in total. The maximum atomic E-state index is 11.9. The number of carbonyl (C=O) groups excluding carboxylic acids is 2. The fourth-order valence-electron chi connectivity index (χ4n) is 1.35. The van der Waals surface area contributed by atoms with Crippen LogP contribution in [0, 0.1) is 0 Å². The molecule has 1 aromatic carbocycles. The molecule has 1 atom stereocenters. The first-order valence-electron chi connectivity index (χ1n) is 5.86. The average molecular weight is 265 g/mol. The van der Waals surface area contributed by atoms with Crippen LogP contribution in [0.4, 0.5) is 0 Å². The molecule has 0 heterocycles.